The molecule has 100 valence electrons. The van der Waals surface area contributed by atoms with E-state index >= 15 is 0 Å². The van der Waals surface area contributed by atoms with Gasteiger partial charge in [0.1, 0.15) is 5.82 Å². The van der Waals surface area contributed by atoms with Crippen LogP contribution in [0.5, 0.6) is 0 Å². The van der Waals surface area contributed by atoms with Crippen LogP contribution in [0.1, 0.15) is 25.0 Å². The molecule has 1 aliphatic heterocycles. The summed E-state index contributed by atoms with van der Waals surface area (Å²) in [5, 5.41) is 10.0. The van der Waals surface area contributed by atoms with Gasteiger partial charge >= 0.3 is 0 Å². The van der Waals surface area contributed by atoms with Gasteiger partial charge in [0.2, 0.25) is 0 Å². The van der Waals surface area contributed by atoms with Crippen molar-refractivity contribution in [3.63, 3.8) is 0 Å². The van der Waals surface area contributed by atoms with Crippen molar-refractivity contribution in [2.75, 3.05) is 24.6 Å². The van der Waals surface area contributed by atoms with Gasteiger partial charge in [-0.1, -0.05) is 18.2 Å². The van der Waals surface area contributed by atoms with Crippen LogP contribution in [0.15, 0.2) is 24.3 Å². The molecular formula is C14H20FNOS. The molecule has 2 atom stereocenters. The second-order valence-corrected chi connectivity index (χ2v) is 5.94. The van der Waals surface area contributed by atoms with Crippen LogP contribution in [-0.4, -0.2) is 40.6 Å². The molecule has 18 heavy (non-hydrogen) atoms. The SMILES string of the molecule is CC1CSCCN1CCC(O)c1ccccc1F. The molecular weight excluding hydrogens is 249 g/mol. The van der Waals surface area contributed by atoms with Crippen molar-refractivity contribution < 1.29 is 9.50 Å². The van der Waals surface area contributed by atoms with Crippen molar-refractivity contribution in [2.45, 2.75) is 25.5 Å². The minimum absolute atomic E-state index is 0.313. The highest BCUT2D eigenvalue weighted by Crippen LogP contribution is 2.22. The molecule has 4 heteroatoms. The first-order valence-corrected chi connectivity index (χ1v) is 7.58. The fourth-order valence-electron chi connectivity index (χ4n) is 2.28. The lowest BCUT2D eigenvalue weighted by Crippen LogP contribution is -2.41. The molecule has 0 saturated carbocycles. The zero-order valence-electron chi connectivity index (χ0n) is 10.7. The molecule has 0 aromatic heterocycles. The van der Waals surface area contributed by atoms with Gasteiger partial charge in [0.15, 0.2) is 0 Å². The Morgan fingerprint density at radius 2 is 2.28 bits per heavy atom. The molecule has 1 N–H and O–H groups in total. The number of benzene rings is 1. The molecule has 0 radical (unpaired) electrons. The van der Waals surface area contributed by atoms with Crippen molar-refractivity contribution in [3.8, 4) is 0 Å². The van der Waals surface area contributed by atoms with Crippen molar-refractivity contribution in [2.24, 2.45) is 0 Å². The van der Waals surface area contributed by atoms with E-state index < -0.39 is 6.10 Å². The Morgan fingerprint density at radius 1 is 1.50 bits per heavy atom. The van der Waals surface area contributed by atoms with Gasteiger partial charge in [-0.2, -0.15) is 11.8 Å². The van der Waals surface area contributed by atoms with E-state index in [1.165, 1.54) is 6.07 Å². The molecule has 0 amide bonds. The lowest BCUT2D eigenvalue weighted by atomic mass is 10.1. The third-order valence-corrected chi connectivity index (χ3v) is 4.65. The van der Waals surface area contributed by atoms with Crippen LogP contribution in [0, 0.1) is 5.82 Å². The highest BCUT2D eigenvalue weighted by molar-refractivity contribution is 7.99. The van der Waals surface area contributed by atoms with Gasteiger partial charge in [-0.3, -0.25) is 4.90 Å². The van der Waals surface area contributed by atoms with Gasteiger partial charge in [-0.25, -0.2) is 4.39 Å². The maximum absolute atomic E-state index is 13.5. The molecule has 1 fully saturated rings. The summed E-state index contributed by atoms with van der Waals surface area (Å²) >= 11 is 1.98. The van der Waals surface area contributed by atoms with Gasteiger partial charge in [0.25, 0.3) is 0 Å². The third-order valence-electron chi connectivity index (χ3n) is 3.46. The largest absolute Gasteiger partial charge is 0.388 e. The maximum Gasteiger partial charge on any atom is 0.128 e. The fourth-order valence-corrected chi connectivity index (χ4v) is 3.36. The van der Waals surface area contributed by atoms with E-state index in [2.05, 4.69) is 11.8 Å². The molecule has 1 aliphatic rings. The summed E-state index contributed by atoms with van der Waals surface area (Å²) in [6, 6.07) is 7.03. The Labute approximate surface area is 112 Å². The normalized spacial score (nSPS) is 22.9. The minimum Gasteiger partial charge on any atom is -0.388 e. The van der Waals surface area contributed by atoms with Gasteiger partial charge in [-0.15, -0.1) is 0 Å². The molecule has 0 spiro atoms. The molecule has 1 saturated heterocycles. The number of aliphatic hydroxyl groups excluding tert-OH is 1. The molecule has 1 aromatic carbocycles. The molecule has 2 rings (SSSR count). The second kappa shape index (κ2) is 6.55. The average Bonchev–Trinajstić information content (AvgIpc) is 2.38. The summed E-state index contributed by atoms with van der Waals surface area (Å²) in [5.74, 6) is 1.99. The molecule has 1 aromatic rings. The van der Waals surface area contributed by atoms with E-state index in [-0.39, 0.29) is 5.82 Å². The number of rotatable bonds is 4. The molecule has 1 heterocycles. The van der Waals surface area contributed by atoms with E-state index in [0.29, 0.717) is 18.0 Å². The van der Waals surface area contributed by atoms with Crippen LogP contribution < -0.4 is 0 Å². The predicted octanol–water partition coefficient (Wildman–Crippen LogP) is 2.69. The quantitative estimate of drug-likeness (QED) is 0.909. The molecule has 0 aliphatic carbocycles. The molecule has 2 nitrogen and oxygen atoms in total. The van der Waals surface area contributed by atoms with Crippen LogP contribution in [0.25, 0.3) is 0 Å². The fraction of sp³-hybridized carbons (Fsp3) is 0.571. The Balaban J connectivity index is 1.88. The van der Waals surface area contributed by atoms with Crippen molar-refractivity contribution in [3.05, 3.63) is 35.6 Å². The lowest BCUT2D eigenvalue weighted by Gasteiger charge is -2.33. The van der Waals surface area contributed by atoms with Crippen molar-refractivity contribution in [1.29, 1.82) is 0 Å². The van der Waals surface area contributed by atoms with Gasteiger partial charge in [0.05, 0.1) is 6.10 Å². The summed E-state index contributed by atoms with van der Waals surface area (Å²) in [4.78, 5) is 2.38. The number of thioether (sulfide) groups is 1. The maximum atomic E-state index is 13.5. The number of halogens is 1. The zero-order chi connectivity index (χ0) is 13.0. The second-order valence-electron chi connectivity index (χ2n) is 4.79. The summed E-state index contributed by atoms with van der Waals surface area (Å²) < 4.78 is 13.5. The van der Waals surface area contributed by atoms with E-state index in [0.717, 1.165) is 24.6 Å². The minimum atomic E-state index is -0.701. The highest BCUT2D eigenvalue weighted by Gasteiger charge is 2.20. The Hall–Kier alpha value is -0.580. The molecule has 2 unspecified atom stereocenters. The topological polar surface area (TPSA) is 23.5 Å². The van der Waals surface area contributed by atoms with Gasteiger partial charge in [-0.05, 0) is 19.4 Å². The molecule has 0 bridgehead atoms. The Bertz CT molecular complexity index is 388. The van der Waals surface area contributed by atoms with Crippen molar-refractivity contribution in [1.82, 2.24) is 4.90 Å². The number of nitrogens with zero attached hydrogens (tertiary/aromatic N) is 1. The van der Waals surface area contributed by atoms with E-state index in [9.17, 15) is 9.50 Å². The zero-order valence-corrected chi connectivity index (χ0v) is 11.5. The van der Waals surface area contributed by atoms with Crippen LogP contribution in [0.3, 0.4) is 0 Å². The first-order chi connectivity index (χ1) is 8.68. The summed E-state index contributed by atoms with van der Waals surface area (Å²) in [5.41, 5.74) is 0.413. The summed E-state index contributed by atoms with van der Waals surface area (Å²) in [6.07, 6.45) is -0.108. The van der Waals surface area contributed by atoms with Crippen LogP contribution in [0.4, 0.5) is 4.39 Å². The van der Waals surface area contributed by atoms with E-state index in [4.69, 9.17) is 0 Å². The third kappa shape index (κ3) is 3.46. The van der Waals surface area contributed by atoms with Gasteiger partial charge < -0.3 is 5.11 Å². The van der Waals surface area contributed by atoms with Crippen LogP contribution in [-0.2, 0) is 0 Å². The van der Waals surface area contributed by atoms with Crippen LogP contribution >= 0.6 is 11.8 Å². The number of hydrogen-bond acceptors (Lipinski definition) is 3. The van der Waals surface area contributed by atoms with E-state index in [1.54, 1.807) is 18.2 Å². The number of hydrogen-bond donors (Lipinski definition) is 1. The smallest absolute Gasteiger partial charge is 0.128 e. The average molecular weight is 269 g/mol. The Morgan fingerprint density at radius 3 is 3.00 bits per heavy atom. The van der Waals surface area contributed by atoms with Gasteiger partial charge in [0, 0.05) is 36.2 Å². The standard InChI is InChI=1S/C14H20FNOS/c1-11-10-18-9-8-16(11)7-6-14(17)12-4-2-3-5-13(12)15/h2-5,11,14,17H,6-10H2,1H3. The first kappa shape index (κ1) is 13.8. The predicted molar refractivity (Wildman–Crippen MR) is 74.3 cm³/mol. The van der Waals surface area contributed by atoms with Crippen molar-refractivity contribution >= 4 is 11.8 Å². The van der Waals surface area contributed by atoms with Crippen LogP contribution in [0.2, 0.25) is 0 Å². The first-order valence-electron chi connectivity index (χ1n) is 6.43. The van der Waals surface area contributed by atoms with E-state index in [1.807, 2.05) is 11.8 Å². The highest BCUT2D eigenvalue weighted by atomic mass is 32.2. The lowest BCUT2D eigenvalue weighted by molar-refractivity contribution is 0.130. The summed E-state index contributed by atoms with van der Waals surface area (Å²) in [6.45, 7) is 4.11. The Kier molecular flexibility index (Phi) is 5.03. The summed E-state index contributed by atoms with van der Waals surface area (Å²) in [7, 11) is 0. The monoisotopic (exact) mass is 269 g/mol. The number of aliphatic hydroxyl groups is 1.